The summed E-state index contributed by atoms with van der Waals surface area (Å²) in [7, 11) is 1.68. The average Bonchev–Trinajstić information content (AvgIpc) is 3.63. The van der Waals surface area contributed by atoms with Crippen LogP contribution >= 0.6 is 11.6 Å². The fraction of sp³-hybridized carbons (Fsp3) is 0.423. The molecule has 0 saturated carbocycles. The first kappa shape index (κ1) is 52.5. The number of fused-ring (bicyclic) bond motifs is 3. The minimum absolute atomic E-state index is 0.0129. The van der Waals surface area contributed by atoms with Gasteiger partial charge in [-0.25, -0.2) is 9.37 Å². The number of halogens is 2. The van der Waals surface area contributed by atoms with Crippen molar-refractivity contribution in [3.63, 3.8) is 0 Å². The average molecular weight is 1030 g/mol. The Hall–Kier alpha value is -6.84. The molecule has 2 fully saturated rings. The van der Waals surface area contributed by atoms with E-state index >= 15 is 4.39 Å². The number of benzene rings is 4. The van der Waals surface area contributed by atoms with E-state index in [1.54, 1.807) is 47.2 Å². The van der Waals surface area contributed by atoms with Gasteiger partial charge in [-0.05, 0) is 65.4 Å². The molecule has 8 rings (SSSR count). The number of nitrogens with zero attached hydrogens (tertiary/aromatic N) is 6. The molecule has 73 heavy (non-hydrogen) atoms. The van der Waals surface area contributed by atoms with Crippen LogP contribution in [0.1, 0.15) is 58.9 Å². The van der Waals surface area contributed by atoms with E-state index in [9.17, 15) is 33.9 Å². The number of hydrogen-bond acceptors (Lipinski definition) is 15. The number of carbonyl (C=O) groups is 6. The van der Waals surface area contributed by atoms with Crippen LogP contribution in [0, 0.1) is 5.82 Å². The number of aromatic nitrogens is 2. The number of carbonyl (C=O) groups excluding carboxylic acids is 6. The molecule has 4 heterocycles. The molecule has 19 nitrogen and oxygen atoms in total. The summed E-state index contributed by atoms with van der Waals surface area (Å²) in [5, 5.41) is 17.8. The van der Waals surface area contributed by atoms with Gasteiger partial charge in [0.1, 0.15) is 23.1 Å². The predicted octanol–water partition coefficient (Wildman–Crippen LogP) is 4.98. The maximum absolute atomic E-state index is 16.9. The summed E-state index contributed by atoms with van der Waals surface area (Å²) in [5.74, 6) is -2.48. The van der Waals surface area contributed by atoms with E-state index in [0.717, 1.165) is 4.90 Å². The van der Waals surface area contributed by atoms with Gasteiger partial charge in [0, 0.05) is 83.6 Å². The second-order valence-corrected chi connectivity index (χ2v) is 18.3. The molecular weight excluding hydrogens is 967 g/mol. The summed E-state index contributed by atoms with van der Waals surface area (Å²) in [4.78, 5) is 91.1. The number of phenolic OH excluding ortho intramolecular Hbond substituents is 1. The summed E-state index contributed by atoms with van der Waals surface area (Å²) in [6.07, 6.45) is 1.34. The molecule has 0 bridgehead atoms. The SMILES string of the molecule is CC(=O)N1CCN(c2nc(NCCC(=O)N(C)CCOCCOCCOCCOCCCc3cccc4c3C(=O)N(C3CCC(=O)NC3=O)C4=O)nc3c(F)c(-c4cc(O)cc5ccccc45)c(Cl)cc23)CC1. The van der Waals surface area contributed by atoms with Crippen LogP contribution in [-0.2, 0) is 44.5 Å². The van der Waals surface area contributed by atoms with Gasteiger partial charge in [-0.2, -0.15) is 4.98 Å². The third-order valence-electron chi connectivity index (χ3n) is 13.0. The summed E-state index contributed by atoms with van der Waals surface area (Å²) >= 11 is 6.86. The van der Waals surface area contributed by atoms with Gasteiger partial charge in [-0.1, -0.05) is 48.0 Å². The molecule has 0 radical (unpaired) electrons. The van der Waals surface area contributed by atoms with Crippen molar-refractivity contribution in [1.29, 1.82) is 0 Å². The van der Waals surface area contributed by atoms with Crippen molar-refractivity contribution in [1.82, 2.24) is 30.0 Å². The quantitative estimate of drug-likeness (QED) is 0.0580. The highest BCUT2D eigenvalue weighted by atomic mass is 35.5. The number of ether oxygens (including phenoxy) is 4. The first-order valence-corrected chi connectivity index (χ1v) is 24.7. The Kier molecular flexibility index (Phi) is 17.4. The number of hydrogen-bond donors (Lipinski definition) is 3. The number of rotatable bonds is 23. The zero-order chi connectivity index (χ0) is 51.6. The van der Waals surface area contributed by atoms with Crippen molar-refractivity contribution in [3.8, 4) is 16.9 Å². The third kappa shape index (κ3) is 12.3. The number of piperidine rings is 1. The topological polar surface area (TPSA) is 222 Å². The van der Waals surface area contributed by atoms with E-state index in [4.69, 9.17) is 35.5 Å². The predicted molar refractivity (Wildman–Crippen MR) is 269 cm³/mol. The van der Waals surface area contributed by atoms with Gasteiger partial charge in [0.2, 0.25) is 29.6 Å². The number of likely N-dealkylation sites (N-methyl/N-ethyl adjacent to an activating group) is 1. The number of phenols is 1. The summed E-state index contributed by atoms with van der Waals surface area (Å²) in [6, 6.07) is 16.1. The number of piperazine rings is 1. The molecule has 386 valence electrons. The Bertz CT molecular complexity index is 2900. The van der Waals surface area contributed by atoms with E-state index in [0.29, 0.717) is 137 Å². The molecule has 2 saturated heterocycles. The van der Waals surface area contributed by atoms with Crippen LogP contribution in [0.3, 0.4) is 0 Å². The Morgan fingerprint density at radius 2 is 1.53 bits per heavy atom. The molecule has 1 unspecified atom stereocenters. The molecule has 4 aromatic carbocycles. The summed E-state index contributed by atoms with van der Waals surface area (Å²) < 4.78 is 39.5. The number of imide groups is 2. The molecule has 3 N–H and O–H groups in total. The lowest BCUT2D eigenvalue weighted by Crippen LogP contribution is -2.54. The fourth-order valence-electron chi connectivity index (χ4n) is 9.20. The number of amides is 6. The maximum Gasteiger partial charge on any atom is 0.262 e. The zero-order valence-corrected chi connectivity index (χ0v) is 41.5. The van der Waals surface area contributed by atoms with Crippen LogP contribution in [0.2, 0.25) is 5.02 Å². The van der Waals surface area contributed by atoms with E-state index in [-0.39, 0.29) is 71.0 Å². The van der Waals surface area contributed by atoms with E-state index in [1.807, 2.05) is 29.2 Å². The van der Waals surface area contributed by atoms with Crippen molar-refractivity contribution in [2.75, 3.05) is 109 Å². The lowest BCUT2D eigenvalue weighted by atomic mass is 9.96. The van der Waals surface area contributed by atoms with Gasteiger partial charge in [-0.3, -0.25) is 39.0 Å². The fourth-order valence-corrected chi connectivity index (χ4v) is 9.49. The largest absolute Gasteiger partial charge is 0.508 e. The lowest BCUT2D eigenvalue weighted by molar-refractivity contribution is -0.136. The second-order valence-electron chi connectivity index (χ2n) is 17.9. The van der Waals surface area contributed by atoms with Crippen LogP contribution in [0.15, 0.2) is 60.7 Å². The van der Waals surface area contributed by atoms with Crippen LogP contribution in [-0.4, -0.2) is 170 Å². The zero-order valence-electron chi connectivity index (χ0n) is 40.8. The van der Waals surface area contributed by atoms with Crippen molar-refractivity contribution >= 4 is 80.5 Å². The number of anilines is 2. The van der Waals surface area contributed by atoms with Gasteiger partial charge in [0.15, 0.2) is 5.82 Å². The lowest BCUT2D eigenvalue weighted by Gasteiger charge is -2.35. The maximum atomic E-state index is 16.9. The highest BCUT2D eigenvalue weighted by Crippen LogP contribution is 2.42. The molecule has 3 aliphatic heterocycles. The Morgan fingerprint density at radius 1 is 0.836 bits per heavy atom. The van der Waals surface area contributed by atoms with Gasteiger partial charge in [-0.15, -0.1) is 0 Å². The third-order valence-corrected chi connectivity index (χ3v) is 13.3. The smallest absolute Gasteiger partial charge is 0.262 e. The Morgan fingerprint density at radius 3 is 2.25 bits per heavy atom. The first-order chi connectivity index (χ1) is 35.3. The monoisotopic (exact) mass is 1020 g/mol. The van der Waals surface area contributed by atoms with Crippen LogP contribution in [0.25, 0.3) is 32.8 Å². The van der Waals surface area contributed by atoms with E-state index < -0.39 is 35.5 Å². The Balaban J connectivity index is 0.721. The number of aromatic hydroxyl groups is 1. The summed E-state index contributed by atoms with van der Waals surface area (Å²) in [5.41, 5.74) is 1.75. The minimum Gasteiger partial charge on any atom is -0.508 e. The highest BCUT2D eigenvalue weighted by Gasteiger charge is 2.45. The molecule has 1 aromatic heterocycles. The highest BCUT2D eigenvalue weighted by molar-refractivity contribution is 6.35. The van der Waals surface area contributed by atoms with Crippen molar-refractivity contribution in [2.24, 2.45) is 0 Å². The van der Waals surface area contributed by atoms with E-state index in [1.165, 1.54) is 13.0 Å². The van der Waals surface area contributed by atoms with E-state index in [2.05, 4.69) is 15.6 Å². The van der Waals surface area contributed by atoms with Gasteiger partial charge in [0.25, 0.3) is 11.8 Å². The standard InChI is InChI=1S/C52H58ClFN8O11/c1-32(63)60-16-18-61(19-17-60)48-39-31-40(53)45(38-30-35(64)29-34-7-3-4-10-36(34)38)46(54)47(39)57-52(58-48)55-15-14-43(66)59(2)20-22-71-24-26-73-28-27-72-25-23-70-21-6-9-33-8-5-11-37-44(33)51(69)62(50(37)68)41-12-13-42(65)56-49(41)67/h3-5,7-8,10-11,29-31,41,64H,6,9,12-28H2,1-2H3,(H,55,57,58)(H,56,65,67). The van der Waals surface area contributed by atoms with Gasteiger partial charge < -0.3 is 44.1 Å². The van der Waals surface area contributed by atoms with Crippen LogP contribution in [0.5, 0.6) is 5.75 Å². The molecule has 5 aromatic rings. The minimum atomic E-state index is -1.01. The first-order valence-electron chi connectivity index (χ1n) is 24.3. The number of nitrogens with one attached hydrogen (secondary N) is 2. The van der Waals surface area contributed by atoms with Crippen molar-refractivity contribution in [3.05, 3.63) is 88.2 Å². The Labute approximate surface area is 425 Å². The molecule has 0 aliphatic carbocycles. The number of aryl methyl sites for hydroxylation is 1. The van der Waals surface area contributed by atoms with Gasteiger partial charge in [0.05, 0.1) is 62.4 Å². The molecular formula is C52H58ClFN8O11. The van der Waals surface area contributed by atoms with Gasteiger partial charge >= 0.3 is 0 Å². The van der Waals surface area contributed by atoms with Crippen LogP contribution < -0.4 is 15.5 Å². The van der Waals surface area contributed by atoms with Crippen LogP contribution in [0.4, 0.5) is 16.2 Å². The molecule has 21 heteroatoms. The summed E-state index contributed by atoms with van der Waals surface area (Å²) in [6.45, 7) is 6.62. The van der Waals surface area contributed by atoms with Crippen molar-refractivity contribution < 1.29 is 57.2 Å². The second kappa shape index (κ2) is 24.3. The molecule has 1 atom stereocenters. The molecule has 3 aliphatic rings. The molecule has 0 spiro atoms. The molecule has 6 amide bonds. The normalized spacial score (nSPS) is 15.9. The van der Waals surface area contributed by atoms with Crippen molar-refractivity contribution in [2.45, 2.75) is 45.1 Å².